The zero-order valence-corrected chi connectivity index (χ0v) is 14.9. The van der Waals surface area contributed by atoms with E-state index in [0.717, 1.165) is 10.0 Å². The highest BCUT2D eigenvalue weighted by Gasteiger charge is 2.16. The van der Waals surface area contributed by atoms with E-state index in [9.17, 15) is 5.11 Å². The summed E-state index contributed by atoms with van der Waals surface area (Å²) in [7, 11) is 1.61. The smallest absolute Gasteiger partial charge is 0.175 e. The first-order chi connectivity index (χ1) is 9.43. The summed E-state index contributed by atoms with van der Waals surface area (Å²) in [6.07, 6.45) is 1.69. The molecule has 1 rings (SSSR count). The topological polar surface area (TPSA) is 50.7 Å². The lowest BCUT2D eigenvalue weighted by Crippen LogP contribution is -3.00. The van der Waals surface area contributed by atoms with Gasteiger partial charge in [-0.05, 0) is 47.5 Å². The first kappa shape index (κ1) is 20.2. The summed E-state index contributed by atoms with van der Waals surface area (Å²) < 4.78 is 11.8. The summed E-state index contributed by atoms with van der Waals surface area (Å²) in [5.74, 6) is 1.33. The lowest BCUT2D eigenvalue weighted by molar-refractivity contribution is -0.00000569. The third kappa shape index (κ3) is 6.26. The predicted molar refractivity (Wildman–Crippen MR) is 84.4 cm³/mol. The van der Waals surface area contributed by atoms with Crippen LogP contribution >= 0.6 is 15.9 Å². The van der Waals surface area contributed by atoms with Crippen molar-refractivity contribution < 1.29 is 27.0 Å². The van der Waals surface area contributed by atoms with Crippen molar-refractivity contribution in [3.8, 4) is 11.5 Å². The first-order valence-corrected chi connectivity index (χ1v) is 7.19. The van der Waals surface area contributed by atoms with E-state index in [1.807, 2.05) is 26.0 Å². The zero-order chi connectivity index (χ0) is 15.2. The Bertz CT molecular complexity index is 466. The van der Waals surface area contributed by atoms with Crippen LogP contribution in [0.3, 0.4) is 0 Å². The summed E-state index contributed by atoms with van der Waals surface area (Å²) in [4.78, 5) is 0. The number of hydrogen-bond acceptors (Lipinski definition) is 4. The Hall–Kier alpha value is -0.750. The number of hydrogen-bond donors (Lipinski definition) is 2. The molecule has 1 aromatic rings. The van der Waals surface area contributed by atoms with Crippen LogP contribution in [0.4, 0.5) is 0 Å². The molecule has 0 atom stereocenters. The third-order valence-corrected chi connectivity index (χ3v) is 3.39. The van der Waals surface area contributed by atoms with Crippen molar-refractivity contribution in [2.45, 2.75) is 25.9 Å². The Kier molecular flexibility index (Phi) is 8.97. The molecule has 0 aliphatic heterocycles. The van der Waals surface area contributed by atoms with Crippen molar-refractivity contribution in [1.82, 2.24) is 5.32 Å². The number of rotatable bonds is 8. The van der Waals surface area contributed by atoms with Crippen molar-refractivity contribution in [3.63, 3.8) is 0 Å². The number of aliphatic hydroxyl groups is 1. The van der Waals surface area contributed by atoms with Crippen LogP contribution in [0.15, 0.2) is 29.3 Å². The van der Waals surface area contributed by atoms with Gasteiger partial charge in [0.1, 0.15) is 6.61 Å². The summed E-state index contributed by atoms with van der Waals surface area (Å²) in [6.45, 7) is 8.65. The molecule has 21 heavy (non-hydrogen) atoms. The highest BCUT2D eigenvalue weighted by Crippen LogP contribution is 2.36. The van der Waals surface area contributed by atoms with Crippen LogP contribution < -0.4 is 27.2 Å². The average Bonchev–Trinajstić information content (AvgIpc) is 2.43. The fourth-order valence-electron chi connectivity index (χ4n) is 1.55. The Morgan fingerprint density at radius 2 is 2.10 bits per heavy atom. The van der Waals surface area contributed by atoms with Gasteiger partial charge in [-0.15, -0.1) is 0 Å². The fourth-order valence-corrected chi connectivity index (χ4v) is 2.16. The van der Waals surface area contributed by atoms with Crippen molar-refractivity contribution in [2.24, 2.45) is 0 Å². The molecule has 120 valence electrons. The van der Waals surface area contributed by atoms with Gasteiger partial charge in [0.25, 0.3) is 0 Å². The molecule has 0 fully saturated rings. The Labute approximate surface area is 141 Å². The summed E-state index contributed by atoms with van der Waals surface area (Å²) >= 11 is 3.49. The molecule has 4 nitrogen and oxygen atoms in total. The molecule has 1 aromatic carbocycles. The van der Waals surface area contributed by atoms with Gasteiger partial charge >= 0.3 is 0 Å². The fraction of sp³-hybridized carbons (Fsp3) is 0.467. The number of methoxy groups -OCH3 is 1. The van der Waals surface area contributed by atoms with Gasteiger partial charge in [0.15, 0.2) is 11.5 Å². The van der Waals surface area contributed by atoms with Crippen LogP contribution in [-0.2, 0) is 6.54 Å². The van der Waals surface area contributed by atoms with E-state index in [1.54, 1.807) is 13.2 Å². The minimum atomic E-state index is -0.322. The summed E-state index contributed by atoms with van der Waals surface area (Å²) in [6, 6.07) is 3.89. The molecule has 0 saturated carbocycles. The van der Waals surface area contributed by atoms with Crippen LogP contribution in [0.1, 0.15) is 19.4 Å². The van der Waals surface area contributed by atoms with Gasteiger partial charge < -0.3 is 32.3 Å². The number of benzene rings is 1. The molecule has 0 aliphatic rings. The summed E-state index contributed by atoms with van der Waals surface area (Å²) in [5, 5.41) is 12.5. The molecule has 0 heterocycles. The van der Waals surface area contributed by atoms with E-state index in [1.165, 1.54) is 0 Å². The number of aliphatic hydroxyl groups excluding tert-OH is 1. The van der Waals surface area contributed by atoms with Crippen molar-refractivity contribution in [2.75, 3.05) is 20.3 Å². The zero-order valence-electron chi connectivity index (χ0n) is 12.6. The molecule has 0 bridgehead atoms. The van der Waals surface area contributed by atoms with Crippen LogP contribution in [0, 0.1) is 0 Å². The largest absolute Gasteiger partial charge is 1.00 e. The first-order valence-electron chi connectivity index (χ1n) is 6.39. The monoisotopic (exact) mass is 378 g/mol. The molecular formula is C15H22BrClNO3-. The molecular weight excluding hydrogens is 358 g/mol. The maximum atomic E-state index is 9.24. The van der Waals surface area contributed by atoms with Gasteiger partial charge in [-0.3, -0.25) is 0 Å². The maximum Gasteiger partial charge on any atom is 0.175 e. The lowest BCUT2D eigenvalue weighted by atomic mass is 10.1. The second kappa shape index (κ2) is 9.30. The van der Waals surface area contributed by atoms with E-state index in [2.05, 4.69) is 27.8 Å². The van der Waals surface area contributed by atoms with Crippen LogP contribution in [0.2, 0.25) is 0 Å². The highest BCUT2D eigenvalue weighted by molar-refractivity contribution is 9.10. The van der Waals surface area contributed by atoms with Gasteiger partial charge in [-0.25, -0.2) is 0 Å². The normalized spacial score (nSPS) is 10.7. The molecule has 2 N–H and O–H groups in total. The maximum absolute atomic E-state index is 9.24. The van der Waals surface area contributed by atoms with Crippen LogP contribution in [0.5, 0.6) is 11.5 Å². The minimum absolute atomic E-state index is 0. The molecule has 0 aromatic heterocycles. The number of halogens is 2. The average molecular weight is 380 g/mol. The van der Waals surface area contributed by atoms with Gasteiger partial charge in [0, 0.05) is 12.1 Å². The van der Waals surface area contributed by atoms with Gasteiger partial charge in [-0.2, -0.15) is 0 Å². The summed E-state index contributed by atoms with van der Waals surface area (Å²) in [5.41, 5.74) is 0.721. The van der Waals surface area contributed by atoms with E-state index in [-0.39, 0.29) is 24.6 Å². The van der Waals surface area contributed by atoms with Crippen LogP contribution in [0.25, 0.3) is 0 Å². The second-order valence-corrected chi connectivity index (χ2v) is 5.96. The Balaban J connectivity index is 0.00000400. The number of ether oxygens (including phenoxy) is 2. The third-order valence-electron chi connectivity index (χ3n) is 2.80. The van der Waals surface area contributed by atoms with Crippen molar-refractivity contribution >= 4 is 15.9 Å². The van der Waals surface area contributed by atoms with Gasteiger partial charge in [0.05, 0.1) is 18.2 Å². The van der Waals surface area contributed by atoms with Crippen molar-refractivity contribution in [1.29, 1.82) is 0 Å². The van der Waals surface area contributed by atoms with E-state index in [0.29, 0.717) is 24.7 Å². The quantitative estimate of drug-likeness (QED) is 0.619. The molecule has 0 spiro atoms. The number of nitrogens with one attached hydrogen (secondary N) is 1. The molecule has 0 radical (unpaired) electrons. The van der Waals surface area contributed by atoms with E-state index in [4.69, 9.17) is 9.47 Å². The molecule has 0 aliphatic carbocycles. The van der Waals surface area contributed by atoms with Gasteiger partial charge in [-0.1, -0.05) is 12.7 Å². The standard InChI is InChI=1S/C15H22BrNO3.ClH/c1-5-6-20-14-12(16)7-11(8-13(14)19-4)9-17-15(2,3)10-18;/h5,7-8,17-18H,1,6,9-10H2,2-4H3;1H/p-1. The molecule has 0 saturated heterocycles. The molecule has 6 heteroatoms. The van der Waals surface area contributed by atoms with E-state index >= 15 is 0 Å². The predicted octanol–water partition coefficient (Wildman–Crippen LogP) is -0.113. The van der Waals surface area contributed by atoms with E-state index < -0.39 is 0 Å². The van der Waals surface area contributed by atoms with Crippen LogP contribution in [-0.4, -0.2) is 31.0 Å². The van der Waals surface area contributed by atoms with Gasteiger partial charge in [0.2, 0.25) is 0 Å². The SMILES string of the molecule is C=CCOc1c(Br)cc(CNC(C)(C)CO)cc1OC.[Cl-]. The van der Waals surface area contributed by atoms with Crippen molar-refractivity contribution in [3.05, 3.63) is 34.8 Å². The Morgan fingerprint density at radius 3 is 2.62 bits per heavy atom. The lowest BCUT2D eigenvalue weighted by Gasteiger charge is -2.24. The molecule has 0 unspecified atom stereocenters. The minimum Gasteiger partial charge on any atom is -1.00 e. The molecule has 0 amide bonds. The second-order valence-electron chi connectivity index (χ2n) is 5.10. The Morgan fingerprint density at radius 1 is 1.43 bits per heavy atom. The highest BCUT2D eigenvalue weighted by atomic mass is 79.9.